The highest BCUT2D eigenvalue weighted by Gasteiger charge is 2.17. The highest BCUT2D eigenvalue weighted by atomic mass is 19.1. The first-order chi connectivity index (χ1) is 12.9. The number of nitrogens with zero attached hydrogens (tertiary/aromatic N) is 2. The zero-order valence-corrected chi connectivity index (χ0v) is 14.3. The van der Waals surface area contributed by atoms with E-state index < -0.39 is 17.8 Å². The first-order valence-electron chi connectivity index (χ1n) is 7.80. The number of ether oxygens (including phenoxy) is 1. The Balaban J connectivity index is 2.03. The van der Waals surface area contributed by atoms with Crippen LogP contribution in [-0.4, -0.2) is 28.8 Å². The van der Waals surface area contributed by atoms with Gasteiger partial charge >= 0.3 is 6.03 Å². The number of primary amides is 2. The number of aromatic nitrogens is 2. The Kier molecular flexibility index (Phi) is 4.75. The minimum atomic E-state index is -0.880. The van der Waals surface area contributed by atoms with E-state index in [1.807, 2.05) is 0 Å². The van der Waals surface area contributed by atoms with Gasteiger partial charge in [-0.05, 0) is 18.2 Å². The fraction of sp³-hybridized carbons (Fsp3) is 0.0556. The van der Waals surface area contributed by atoms with E-state index in [4.69, 9.17) is 16.2 Å². The average Bonchev–Trinajstić information content (AvgIpc) is 3.05. The van der Waals surface area contributed by atoms with Gasteiger partial charge in [0.15, 0.2) is 5.69 Å². The number of para-hydroxylation sites is 1. The van der Waals surface area contributed by atoms with Gasteiger partial charge in [-0.15, -0.1) is 0 Å². The van der Waals surface area contributed by atoms with E-state index in [9.17, 15) is 14.0 Å². The van der Waals surface area contributed by atoms with Crippen LogP contribution in [0.15, 0.2) is 48.7 Å². The molecule has 0 fully saturated rings. The predicted molar refractivity (Wildman–Crippen MR) is 97.2 cm³/mol. The molecule has 0 radical (unpaired) electrons. The molecule has 3 rings (SSSR count). The maximum absolute atomic E-state index is 14.7. The summed E-state index contributed by atoms with van der Waals surface area (Å²) in [5.74, 6) is -0.839. The molecular weight excluding hydrogens is 353 g/mol. The number of urea groups is 1. The third kappa shape index (κ3) is 3.56. The van der Waals surface area contributed by atoms with Crippen molar-refractivity contribution in [1.29, 1.82) is 0 Å². The lowest BCUT2D eigenvalue weighted by Gasteiger charge is -2.10. The lowest BCUT2D eigenvalue weighted by Crippen LogP contribution is -2.22. The average molecular weight is 369 g/mol. The summed E-state index contributed by atoms with van der Waals surface area (Å²) in [6.07, 6.45) is 1.32. The molecule has 9 heteroatoms. The Morgan fingerprint density at radius 3 is 2.52 bits per heavy atom. The van der Waals surface area contributed by atoms with E-state index in [1.165, 1.54) is 24.1 Å². The second kappa shape index (κ2) is 7.16. The second-order valence-corrected chi connectivity index (χ2v) is 5.55. The molecule has 0 aliphatic rings. The SMILES string of the molecule is COc1ccccc1-c1ccc(-n2cc(NC(N)=O)c(C(N)=O)n2)cc1F. The molecule has 2 aromatic carbocycles. The maximum Gasteiger partial charge on any atom is 0.316 e. The fourth-order valence-electron chi connectivity index (χ4n) is 2.64. The van der Waals surface area contributed by atoms with Gasteiger partial charge in [-0.25, -0.2) is 13.9 Å². The van der Waals surface area contributed by atoms with E-state index in [1.54, 1.807) is 36.4 Å². The van der Waals surface area contributed by atoms with Crippen molar-refractivity contribution in [3.05, 3.63) is 60.2 Å². The predicted octanol–water partition coefficient (Wildman–Crippen LogP) is 2.28. The number of benzene rings is 2. The number of carbonyl (C=O) groups excluding carboxylic acids is 2. The lowest BCUT2D eigenvalue weighted by molar-refractivity contribution is 0.0996. The molecule has 0 atom stereocenters. The molecule has 0 aliphatic heterocycles. The van der Waals surface area contributed by atoms with E-state index in [0.29, 0.717) is 22.6 Å². The molecule has 5 N–H and O–H groups in total. The third-order valence-electron chi connectivity index (χ3n) is 3.82. The zero-order valence-electron chi connectivity index (χ0n) is 14.3. The number of carbonyl (C=O) groups is 2. The van der Waals surface area contributed by atoms with Crippen LogP contribution in [0.1, 0.15) is 10.5 Å². The number of halogens is 1. The van der Waals surface area contributed by atoms with Crippen LogP contribution < -0.4 is 21.5 Å². The molecule has 3 aromatic rings. The van der Waals surface area contributed by atoms with Crippen molar-refractivity contribution in [2.45, 2.75) is 0 Å². The van der Waals surface area contributed by atoms with E-state index in [2.05, 4.69) is 10.4 Å². The van der Waals surface area contributed by atoms with E-state index >= 15 is 0 Å². The van der Waals surface area contributed by atoms with Gasteiger partial charge in [-0.1, -0.05) is 18.2 Å². The smallest absolute Gasteiger partial charge is 0.316 e. The van der Waals surface area contributed by atoms with Crippen molar-refractivity contribution in [2.75, 3.05) is 12.4 Å². The number of nitrogens with one attached hydrogen (secondary N) is 1. The molecule has 0 spiro atoms. The lowest BCUT2D eigenvalue weighted by atomic mass is 10.0. The van der Waals surface area contributed by atoms with E-state index in [-0.39, 0.29) is 11.4 Å². The third-order valence-corrected chi connectivity index (χ3v) is 3.82. The molecule has 0 saturated heterocycles. The van der Waals surface area contributed by atoms with Crippen molar-refractivity contribution in [3.63, 3.8) is 0 Å². The van der Waals surface area contributed by atoms with Crippen LogP contribution in [0.2, 0.25) is 0 Å². The van der Waals surface area contributed by atoms with Gasteiger partial charge in [0.1, 0.15) is 11.6 Å². The summed E-state index contributed by atoms with van der Waals surface area (Å²) in [6.45, 7) is 0. The molecule has 0 saturated carbocycles. The topological polar surface area (TPSA) is 125 Å². The molecular formula is C18H16FN5O3. The quantitative estimate of drug-likeness (QED) is 0.638. The van der Waals surface area contributed by atoms with Gasteiger partial charge in [0.05, 0.1) is 24.7 Å². The summed E-state index contributed by atoms with van der Waals surface area (Å²) in [6, 6.07) is 10.6. The van der Waals surface area contributed by atoms with Crippen molar-refractivity contribution < 1.29 is 18.7 Å². The van der Waals surface area contributed by atoms with Crippen LogP contribution in [0, 0.1) is 5.82 Å². The number of nitrogens with two attached hydrogens (primary N) is 2. The Morgan fingerprint density at radius 1 is 1.15 bits per heavy atom. The molecule has 3 amide bonds. The summed E-state index contributed by atoms with van der Waals surface area (Å²) >= 11 is 0. The normalized spacial score (nSPS) is 10.4. The van der Waals surface area contributed by atoms with E-state index in [0.717, 1.165) is 0 Å². The Labute approximate surface area is 153 Å². The van der Waals surface area contributed by atoms with Crippen molar-refractivity contribution in [1.82, 2.24) is 9.78 Å². The minimum Gasteiger partial charge on any atom is -0.496 e. The van der Waals surface area contributed by atoms with Gasteiger partial charge in [0, 0.05) is 17.2 Å². The summed E-state index contributed by atoms with van der Waals surface area (Å²) < 4.78 is 21.2. The van der Waals surface area contributed by atoms with Gasteiger partial charge in [0.25, 0.3) is 5.91 Å². The standard InChI is InChI=1S/C18H16FN5O3/c1-27-15-5-3-2-4-12(15)11-7-6-10(8-13(11)19)24-9-14(22-18(21)26)16(23-24)17(20)25/h2-9H,1H3,(H2,20,25)(H3,21,22,26). The second-order valence-electron chi connectivity index (χ2n) is 5.55. The van der Waals surface area contributed by atoms with Crippen LogP contribution >= 0.6 is 0 Å². The molecule has 1 heterocycles. The molecule has 138 valence electrons. The number of hydrogen-bond donors (Lipinski definition) is 3. The van der Waals surface area contributed by atoms with Gasteiger partial charge in [-0.3, -0.25) is 4.79 Å². The fourth-order valence-corrected chi connectivity index (χ4v) is 2.64. The zero-order chi connectivity index (χ0) is 19.6. The van der Waals surface area contributed by atoms with Gasteiger partial charge in [-0.2, -0.15) is 5.10 Å². The van der Waals surface area contributed by atoms with Crippen LogP contribution in [-0.2, 0) is 0 Å². The summed E-state index contributed by atoms with van der Waals surface area (Å²) in [5, 5.41) is 6.25. The number of rotatable bonds is 5. The molecule has 1 aromatic heterocycles. The maximum atomic E-state index is 14.7. The Morgan fingerprint density at radius 2 is 1.89 bits per heavy atom. The molecule has 0 unspecified atom stereocenters. The van der Waals surface area contributed by atoms with Gasteiger partial charge in [0.2, 0.25) is 0 Å². The molecule has 0 bridgehead atoms. The summed E-state index contributed by atoms with van der Waals surface area (Å²) in [7, 11) is 1.51. The highest BCUT2D eigenvalue weighted by molar-refractivity contribution is 6.00. The van der Waals surface area contributed by atoms with Crippen molar-refractivity contribution >= 4 is 17.6 Å². The first kappa shape index (κ1) is 17.9. The Bertz CT molecular complexity index is 1030. The summed E-state index contributed by atoms with van der Waals surface area (Å²) in [4.78, 5) is 22.5. The highest BCUT2D eigenvalue weighted by Crippen LogP contribution is 2.32. The Hall–Kier alpha value is -3.88. The van der Waals surface area contributed by atoms with Crippen molar-refractivity contribution in [3.8, 4) is 22.6 Å². The van der Waals surface area contributed by atoms with Gasteiger partial charge < -0.3 is 21.5 Å². The van der Waals surface area contributed by atoms with Crippen LogP contribution in [0.4, 0.5) is 14.9 Å². The number of amides is 3. The van der Waals surface area contributed by atoms with Crippen molar-refractivity contribution in [2.24, 2.45) is 11.5 Å². The number of anilines is 1. The minimum absolute atomic E-state index is 0.0317. The van der Waals surface area contributed by atoms with Crippen LogP contribution in [0.3, 0.4) is 0 Å². The molecule has 8 nitrogen and oxygen atoms in total. The molecule has 0 aliphatic carbocycles. The summed E-state index contributed by atoms with van der Waals surface area (Å²) in [5.41, 5.74) is 11.4. The monoisotopic (exact) mass is 369 g/mol. The number of methoxy groups -OCH3 is 1. The molecule has 27 heavy (non-hydrogen) atoms. The van der Waals surface area contributed by atoms with Crippen LogP contribution in [0.5, 0.6) is 5.75 Å². The largest absolute Gasteiger partial charge is 0.496 e. The van der Waals surface area contributed by atoms with Crippen LogP contribution in [0.25, 0.3) is 16.8 Å². The first-order valence-corrected chi connectivity index (χ1v) is 7.80. The number of hydrogen-bond acceptors (Lipinski definition) is 4.